The fourth-order valence-electron chi connectivity index (χ4n) is 1.76. The van der Waals surface area contributed by atoms with Gasteiger partial charge in [-0.2, -0.15) is 0 Å². The van der Waals surface area contributed by atoms with Gasteiger partial charge in [0.05, 0.1) is 0 Å². The first-order chi connectivity index (χ1) is 8.19. The minimum Gasteiger partial charge on any atom is -0.361 e. The van der Waals surface area contributed by atoms with E-state index in [9.17, 15) is 0 Å². The minimum atomic E-state index is 0.881. The maximum Gasteiger partial charge on any atom is 0.137 e. The third-order valence-electron chi connectivity index (χ3n) is 2.66. The SMILES string of the molecule is CCc1cc(-c2ccc(CN(C)C)cc2)no1. The van der Waals surface area contributed by atoms with E-state index >= 15 is 0 Å². The monoisotopic (exact) mass is 230 g/mol. The Morgan fingerprint density at radius 2 is 1.88 bits per heavy atom. The largest absolute Gasteiger partial charge is 0.361 e. The summed E-state index contributed by atoms with van der Waals surface area (Å²) in [5.74, 6) is 0.928. The molecule has 0 fully saturated rings. The molecule has 1 aromatic carbocycles. The zero-order valence-corrected chi connectivity index (χ0v) is 10.6. The lowest BCUT2D eigenvalue weighted by Crippen LogP contribution is -2.10. The van der Waals surface area contributed by atoms with Crippen LogP contribution >= 0.6 is 0 Å². The van der Waals surface area contributed by atoms with Crippen LogP contribution < -0.4 is 0 Å². The predicted molar refractivity (Wildman–Crippen MR) is 68.7 cm³/mol. The Kier molecular flexibility index (Phi) is 3.59. The molecule has 0 amide bonds. The molecule has 0 unspecified atom stereocenters. The number of rotatable bonds is 4. The molecule has 2 aromatic rings. The van der Waals surface area contributed by atoms with E-state index in [1.807, 2.05) is 6.07 Å². The van der Waals surface area contributed by atoms with Crippen LogP contribution in [0.1, 0.15) is 18.2 Å². The summed E-state index contributed by atoms with van der Waals surface area (Å²) < 4.78 is 5.20. The smallest absolute Gasteiger partial charge is 0.137 e. The molecule has 0 atom stereocenters. The third kappa shape index (κ3) is 2.94. The van der Waals surface area contributed by atoms with Gasteiger partial charge in [0.25, 0.3) is 0 Å². The molecule has 1 heterocycles. The zero-order chi connectivity index (χ0) is 12.3. The van der Waals surface area contributed by atoms with Gasteiger partial charge in [-0.3, -0.25) is 0 Å². The highest BCUT2D eigenvalue weighted by Gasteiger charge is 2.05. The topological polar surface area (TPSA) is 29.3 Å². The lowest BCUT2D eigenvalue weighted by molar-refractivity contribution is 0.389. The van der Waals surface area contributed by atoms with Gasteiger partial charge in [-0.25, -0.2) is 0 Å². The molecule has 90 valence electrons. The van der Waals surface area contributed by atoms with E-state index in [1.54, 1.807) is 0 Å². The summed E-state index contributed by atoms with van der Waals surface area (Å²) in [6, 6.07) is 10.5. The summed E-state index contributed by atoms with van der Waals surface area (Å²) in [5.41, 5.74) is 3.33. The maximum absolute atomic E-state index is 5.20. The molecule has 0 aliphatic rings. The van der Waals surface area contributed by atoms with E-state index in [-0.39, 0.29) is 0 Å². The van der Waals surface area contributed by atoms with Gasteiger partial charge in [0, 0.05) is 24.6 Å². The van der Waals surface area contributed by atoms with E-state index < -0.39 is 0 Å². The second-order valence-electron chi connectivity index (χ2n) is 4.47. The van der Waals surface area contributed by atoms with Gasteiger partial charge in [-0.1, -0.05) is 36.3 Å². The molecule has 0 spiro atoms. The second-order valence-corrected chi connectivity index (χ2v) is 4.47. The van der Waals surface area contributed by atoms with Crippen LogP contribution in [0.4, 0.5) is 0 Å². The van der Waals surface area contributed by atoms with Crippen LogP contribution in [-0.2, 0) is 13.0 Å². The lowest BCUT2D eigenvalue weighted by Gasteiger charge is -2.09. The fourth-order valence-corrected chi connectivity index (χ4v) is 1.76. The first-order valence-electron chi connectivity index (χ1n) is 5.88. The average molecular weight is 230 g/mol. The zero-order valence-electron chi connectivity index (χ0n) is 10.6. The Bertz CT molecular complexity index is 471. The highest BCUT2D eigenvalue weighted by Crippen LogP contribution is 2.20. The van der Waals surface area contributed by atoms with Crippen LogP contribution in [0.2, 0.25) is 0 Å². The summed E-state index contributed by atoms with van der Waals surface area (Å²) in [6.07, 6.45) is 0.881. The number of hydrogen-bond donors (Lipinski definition) is 0. The van der Waals surface area contributed by atoms with E-state index in [1.165, 1.54) is 5.56 Å². The van der Waals surface area contributed by atoms with Crippen molar-refractivity contribution in [3.63, 3.8) is 0 Å². The van der Waals surface area contributed by atoms with Gasteiger partial charge in [-0.05, 0) is 19.7 Å². The fraction of sp³-hybridized carbons (Fsp3) is 0.357. The quantitative estimate of drug-likeness (QED) is 0.808. The molecular weight excluding hydrogens is 212 g/mol. The van der Waals surface area contributed by atoms with Crippen molar-refractivity contribution in [2.75, 3.05) is 14.1 Å². The number of aryl methyl sites for hydroxylation is 1. The molecule has 0 saturated carbocycles. The summed E-state index contributed by atoms with van der Waals surface area (Å²) in [4.78, 5) is 2.15. The third-order valence-corrected chi connectivity index (χ3v) is 2.66. The van der Waals surface area contributed by atoms with Crippen LogP contribution in [0, 0.1) is 0 Å². The molecule has 0 saturated heterocycles. The van der Waals surface area contributed by atoms with Crippen molar-refractivity contribution < 1.29 is 4.52 Å². The summed E-state index contributed by atoms with van der Waals surface area (Å²) in [7, 11) is 4.14. The second kappa shape index (κ2) is 5.15. The number of hydrogen-bond acceptors (Lipinski definition) is 3. The van der Waals surface area contributed by atoms with Crippen LogP contribution in [0.3, 0.4) is 0 Å². The molecule has 3 nitrogen and oxygen atoms in total. The van der Waals surface area contributed by atoms with Gasteiger partial charge in [0.1, 0.15) is 11.5 Å². The van der Waals surface area contributed by atoms with Crippen LogP contribution in [0.25, 0.3) is 11.3 Å². The number of benzene rings is 1. The van der Waals surface area contributed by atoms with Crippen molar-refractivity contribution in [1.82, 2.24) is 10.1 Å². The summed E-state index contributed by atoms with van der Waals surface area (Å²) in [5, 5.41) is 4.06. The van der Waals surface area contributed by atoms with Crippen molar-refractivity contribution in [2.24, 2.45) is 0 Å². The first-order valence-corrected chi connectivity index (χ1v) is 5.88. The van der Waals surface area contributed by atoms with Crippen molar-refractivity contribution in [3.8, 4) is 11.3 Å². The molecule has 1 aromatic heterocycles. The van der Waals surface area contributed by atoms with Crippen molar-refractivity contribution >= 4 is 0 Å². The average Bonchev–Trinajstić information content (AvgIpc) is 2.78. The predicted octanol–water partition coefficient (Wildman–Crippen LogP) is 2.97. The Labute approximate surface area is 102 Å². The molecule has 2 rings (SSSR count). The molecule has 0 N–H and O–H groups in total. The Morgan fingerprint density at radius 1 is 1.18 bits per heavy atom. The van der Waals surface area contributed by atoms with E-state index in [4.69, 9.17) is 4.52 Å². The van der Waals surface area contributed by atoms with Crippen molar-refractivity contribution in [2.45, 2.75) is 19.9 Å². The maximum atomic E-state index is 5.20. The van der Waals surface area contributed by atoms with Crippen LogP contribution in [0.15, 0.2) is 34.9 Å². The molecule has 0 radical (unpaired) electrons. The molecule has 3 heteroatoms. The molecule has 0 aliphatic carbocycles. The molecule has 0 bridgehead atoms. The van der Waals surface area contributed by atoms with Gasteiger partial charge in [0.2, 0.25) is 0 Å². The van der Waals surface area contributed by atoms with E-state index in [0.29, 0.717) is 0 Å². The van der Waals surface area contributed by atoms with Gasteiger partial charge >= 0.3 is 0 Å². The van der Waals surface area contributed by atoms with E-state index in [2.05, 4.69) is 55.3 Å². The molecular formula is C14H18N2O. The Balaban J connectivity index is 2.17. The van der Waals surface area contributed by atoms with Crippen molar-refractivity contribution in [1.29, 1.82) is 0 Å². The summed E-state index contributed by atoms with van der Waals surface area (Å²) in [6.45, 7) is 3.02. The number of aromatic nitrogens is 1. The lowest BCUT2D eigenvalue weighted by atomic mass is 10.1. The normalized spacial score (nSPS) is 11.1. The van der Waals surface area contributed by atoms with Gasteiger partial charge < -0.3 is 9.42 Å². The van der Waals surface area contributed by atoms with Crippen LogP contribution in [-0.4, -0.2) is 24.2 Å². The molecule has 17 heavy (non-hydrogen) atoms. The first kappa shape index (κ1) is 11.9. The van der Waals surface area contributed by atoms with E-state index in [0.717, 1.165) is 30.0 Å². The highest BCUT2D eigenvalue weighted by atomic mass is 16.5. The Hall–Kier alpha value is -1.61. The van der Waals surface area contributed by atoms with Gasteiger partial charge in [0.15, 0.2) is 0 Å². The van der Waals surface area contributed by atoms with Gasteiger partial charge in [-0.15, -0.1) is 0 Å². The van der Waals surface area contributed by atoms with Crippen molar-refractivity contribution in [3.05, 3.63) is 41.7 Å². The standard InChI is InChI=1S/C14H18N2O/c1-4-13-9-14(15-17-13)12-7-5-11(6-8-12)10-16(2)3/h5-9H,4,10H2,1-3H3. The van der Waals surface area contributed by atoms with Crippen LogP contribution in [0.5, 0.6) is 0 Å². The molecule has 0 aliphatic heterocycles. The number of nitrogens with zero attached hydrogens (tertiary/aromatic N) is 2. The Morgan fingerprint density at radius 3 is 2.41 bits per heavy atom. The summed E-state index contributed by atoms with van der Waals surface area (Å²) >= 11 is 0. The highest BCUT2D eigenvalue weighted by molar-refractivity contribution is 5.59. The minimum absolute atomic E-state index is 0.881.